The highest BCUT2D eigenvalue weighted by Gasteiger charge is 2.16. The van der Waals surface area contributed by atoms with Gasteiger partial charge in [0.15, 0.2) is 0 Å². The van der Waals surface area contributed by atoms with Gasteiger partial charge < -0.3 is 10.6 Å². The van der Waals surface area contributed by atoms with Crippen molar-refractivity contribution in [3.8, 4) is 0 Å². The highest BCUT2D eigenvalue weighted by atomic mass is 19.1. The summed E-state index contributed by atoms with van der Waals surface area (Å²) in [6.45, 7) is 0.895. The second-order valence-corrected chi connectivity index (χ2v) is 4.78. The molecule has 1 aromatic rings. The van der Waals surface area contributed by atoms with E-state index in [1.165, 1.54) is 25.0 Å². The van der Waals surface area contributed by atoms with E-state index in [1.54, 1.807) is 12.1 Å². The summed E-state index contributed by atoms with van der Waals surface area (Å²) in [7, 11) is 0. The Morgan fingerprint density at radius 1 is 1.22 bits per heavy atom. The minimum absolute atomic E-state index is 0.0454. The largest absolute Gasteiger partial charge is 0.352 e. The average Bonchev–Trinajstić information content (AvgIpc) is 2.84. The van der Waals surface area contributed by atoms with Gasteiger partial charge in [-0.15, -0.1) is 0 Å². The Labute approximate surface area is 107 Å². The number of rotatable bonds is 5. The molecule has 1 aromatic carbocycles. The zero-order valence-electron chi connectivity index (χ0n) is 10.4. The summed E-state index contributed by atoms with van der Waals surface area (Å²) in [6.07, 6.45) is 4.63. The predicted octanol–water partition coefficient (Wildman–Crippen LogP) is 1.97. The number of carbonyl (C=O) groups excluding carboxylic acids is 1. The fourth-order valence-electron chi connectivity index (χ4n) is 2.27. The van der Waals surface area contributed by atoms with E-state index in [1.807, 2.05) is 0 Å². The number of halogens is 1. The van der Waals surface area contributed by atoms with Crippen molar-refractivity contribution in [2.45, 2.75) is 38.3 Å². The lowest BCUT2D eigenvalue weighted by Gasteiger charge is -2.12. The van der Waals surface area contributed by atoms with Crippen LogP contribution >= 0.6 is 0 Å². The number of nitrogens with one attached hydrogen (secondary N) is 2. The van der Waals surface area contributed by atoms with Gasteiger partial charge in [0.05, 0.1) is 6.54 Å². The molecule has 1 amide bonds. The van der Waals surface area contributed by atoms with E-state index in [0.29, 0.717) is 19.1 Å². The number of carbonyl (C=O) groups is 1. The third kappa shape index (κ3) is 4.11. The first-order valence-electron chi connectivity index (χ1n) is 6.48. The van der Waals surface area contributed by atoms with Gasteiger partial charge in [-0.25, -0.2) is 4.39 Å². The molecule has 4 heteroatoms. The molecule has 3 nitrogen and oxygen atoms in total. The molecule has 0 heterocycles. The SMILES string of the molecule is O=C(CNCc1ccc(F)cc1)NC1CCCC1. The molecule has 98 valence electrons. The lowest BCUT2D eigenvalue weighted by molar-refractivity contribution is -0.120. The summed E-state index contributed by atoms with van der Waals surface area (Å²) < 4.78 is 12.7. The highest BCUT2D eigenvalue weighted by Crippen LogP contribution is 2.17. The van der Waals surface area contributed by atoms with E-state index in [0.717, 1.165) is 18.4 Å². The van der Waals surface area contributed by atoms with Crippen LogP contribution in [0.2, 0.25) is 0 Å². The normalized spacial score (nSPS) is 15.8. The minimum Gasteiger partial charge on any atom is -0.352 e. The molecule has 0 spiro atoms. The van der Waals surface area contributed by atoms with Crippen molar-refractivity contribution < 1.29 is 9.18 Å². The second-order valence-electron chi connectivity index (χ2n) is 4.78. The number of amides is 1. The van der Waals surface area contributed by atoms with Crippen LogP contribution in [0.15, 0.2) is 24.3 Å². The quantitative estimate of drug-likeness (QED) is 0.839. The first kappa shape index (κ1) is 13.0. The molecule has 0 atom stereocenters. The van der Waals surface area contributed by atoms with Crippen LogP contribution in [0.1, 0.15) is 31.2 Å². The van der Waals surface area contributed by atoms with Crippen LogP contribution in [0.4, 0.5) is 4.39 Å². The Balaban J connectivity index is 1.65. The van der Waals surface area contributed by atoms with Gasteiger partial charge in [-0.3, -0.25) is 4.79 Å². The Bertz CT molecular complexity index is 385. The molecule has 0 radical (unpaired) electrons. The third-order valence-electron chi connectivity index (χ3n) is 3.25. The van der Waals surface area contributed by atoms with Crippen molar-refractivity contribution >= 4 is 5.91 Å². The molecular weight excluding hydrogens is 231 g/mol. The molecule has 0 saturated heterocycles. The molecule has 1 saturated carbocycles. The molecule has 2 rings (SSSR count). The molecule has 1 aliphatic rings. The summed E-state index contributed by atoms with van der Waals surface area (Å²) >= 11 is 0. The number of hydrogen-bond acceptors (Lipinski definition) is 2. The van der Waals surface area contributed by atoms with Crippen LogP contribution in [0.25, 0.3) is 0 Å². The molecule has 0 aromatic heterocycles. The van der Waals surface area contributed by atoms with E-state index >= 15 is 0 Å². The minimum atomic E-state index is -0.238. The fraction of sp³-hybridized carbons (Fsp3) is 0.500. The van der Waals surface area contributed by atoms with Gasteiger partial charge in [0.25, 0.3) is 0 Å². The molecular formula is C14H19FN2O. The fourth-order valence-corrected chi connectivity index (χ4v) is 2.27. The van der Waals surface area contributed by atoms with Crippen LogP contribution in [-0.2, 0) is 11.3 Å². The van der Waals surface area contributed by atoms with E-state index in [-0.39, 0.29) is 11.7 Å². The first-order valence-corrected chi connectivity index (χ1v) is 6.48. The van der Waals surface area contributed by atoms with Gasteiger partial charge in [0.1, 0.15) is 5.82 Å². The van der Waals surface area contributed by atoms with Gasteiger partial charge >= 0.3 is 0 Å². The Kier molecular flexibility index (Phi) is 4.70. The predicted molar refractivity (Wildman–Crippen MR) is 68.5 cm³/mol. The monoisotopic (exact) mass is 250 g/mol. The van der Waals surface area contributed by atoms with Crippen LogP contribution in [0, 0.1) is 5.82 Å². The Morgan fingerprint density at radius 2 is 1.89 bits per heavy atom. The maximum absolute atomic E-state index is 12.7. The third-order valence-corrected chi connectivity index (χ3v) is 3.25. The van der Waals surface area contributed by atoms with Crippen LogP contribution in [0.5, 0.6) is 0 Å². The Morgan fingerprint density at radius 3 is 2.56 bits per heavy atom. The van der Waals surface area contributed by atoms with E-state index in [2.05, 4.69) is 10.6 Å². The highest BCUT2D eigenvalue weighted by molar-refractivity contribution is 5.78. The van der Waals surface area contributed by atoms with Crippen LogP contribution in [0.3, 0.4) is 0 Å². The maximum Gasteiger partial charge on any atom is 0.234 e. The lowest BCUT2D eigenvalue weighted by Crippen LogP contribution is -2.38. The van der Waals surface area contributed by atoms with Crippen LogP contribution in [-0.4, -0.2) is 18.5 Å². The Hall–Kier alpha value is -1.42. The van der Waals surface area contributed by atoms with Crippen molar-refractivity contribution in [1.82, 2.24) is 10.6 Å². The van der Waals surface area contributed by atoms with Gasteiger partial charge in [0, 0.05) is 12.6 Å². The zero-order valence-corrected chi connectivity index (χ0v) is 10.4. The summed E-state index contributed by atoms with van der Waals surface area (Å²) in [5, 5.41) is 6.07. The van der Waals surface area contributed by atoms with Gasteiger partial charge in [-0.05, 0) is 30.5 Å². The average molecular weight is 250 g/mol. The number of benzene rings is 1. The first-order chi connectivity index (χ1) is 8.74. The summed E-state index contributed by atoms with van der Waals surface area (Å²) in [4.78, 5) is 11.6. The van der Waals surface area contributed by atoms with Crippen LogP contribution < -0.4 is 10.6 Å². The lowest BCUT2D eigenvalue weighted by atomic mass is 10.2. The van der Waals surface area contributed by atoms with Crippen molar-refractivity contribution in [3.05, 3.63) is 35.6 Å². The topological polar surface area (TPSA) is 41.1 Å². The van der Waals surface area contributed by atoms with E-state index < -0.39 is 0 Å². The standard InChI is InChI=1S/C14H19FN2O/c15-12-7-5-11(6-8-12)9-16-10-14(18)17-13-3-1-2-4-13/h5-8,13,16H,1-4,9-10H2,(H,17,18). The summed E-state index contributed by atoms with van der Waals surface area (Å²) in [5.74, 6) is -0.193. The zero-order chi connectivity index (χ0) is 12.8. The molecule has 0 aliphatic heterocycles. The molecule has 0 unspecified atom stereocenters. The van der Waals surface area contributed by atoms with Gasteiger partial charge in [0.2, 0.25) is 5.91 Å². The van der Waals surface area contributed by atoms with Gasteiger partial charge in [-0.1, -0.05) is 25.0 Å². The molecule has 18 heavy (non-hydrogen) atoms. The van der Waals surface area contributed by atoms with Crippen molar-refractivity contribution in [3.63, 3.8) is 0 Å². The maximum atomic E-state index is 12.7. The summed E-state index contributed by atoms with van der Waals surface area (Å²) in [6, 6.07) is 6.66. The molecule has 2 N–H and O–H groups in total. The second kappa shape index (κ2) is 6.50. The van der Waals surface area contributed by atoms with E-state index in [4.69, 9.17) is 0 Å². The smallest absolute Gasteiger partial charge is 0.234 e. The van der Waals surface area contributed by atoms with Crippen molar-refractivity contribution in [1.29, 1.82) is 0 Å². The molecule has 1 aliphatic carbocycles. The van der Waals surface area contributed by atoms with E-state index in [9.17, 15) is 9.18 Å². The van der Waals surface area contributed by atoms with Gasteiger partial charge in [-0.2, -0.15) is 0 Å². The molecule has 1 fully saturated rings. The number of hydrogen-bond donors (Lipinski definition) is 2. The van der Waals surface area contributed by atoms with Crippen molar-refractivity contribution in [2.75, 3.05) is 6.54 Å². The summed E-state index contributed by atoms with van der Waals surface area (Å²) in [5.41, 5.74) is 0.977. The molecule has 0 bridgehead atoms. The van der Waals surface area contributed by atoms with Crippen molar-refractivity contribution in [2.24, 2.45) is 0 Å².